The SMILES string of the molecule is Cc1nc(-c2ccc(Br)cc2)sc1C(C)NC(=O)Nc1cnc(Oc2ccccc2)nc1. The van der Waals surface area contributed by atoms with Crippen molar-refractivity contribution < 1.29 is 9.53 Å². The highest BCUT2D eigenvalue weighted by Gasteiger charge is 2.17. The first-order valence-electron chi connectivity index (χ1n) is 9.83. The quantitative estimate of drug-likeness (QED) is 0.316. The Bertz CT molecular complexity index is 1200. The highest BCUT2D eigenvalue weighted by molar-refractivity contribution is 9.10. The predicted molar refractivity (Wildman–Crippen MR) is 129 cm³/mol. The molecule has 7 nitrogen and oxygen atoms in total. The van der Waals surface area contributed by atoms with E-state index in [1.54, 1.807) is 11.3 Å². The van der Waals surface area contributed by atoms with Gasteiger partial charge in [0.1, 0.15) is 10.8 Å². The minimum atomic E-state index is -0.351. The Balaban J connectivity index is 1.36. The van der Waals surface area contributed by atoms with Crippen LogP contribution in [-0.4, -0.2) is 21.0 Å². The van der Waals surface area contributed by atoms with Crippen molar-refractivity contribution in [3.05, 3.63) is 82.0 Å². The second-order valence-corrected chi connectivity index (χ2v) is 8.91. The van der Waals surface area contributed by atoms with Crippen LogP contribution in [0.15, 0.2) is 71.5 Å². The first-order chi connectivity index (χ1) is 15.5. The minimum absolute atomic E-state index is 0.205. The number of carbonyl (C=O) groups excluding carboxylic acids is 1. The maximum atomic E-state index is 12.5. The number of para-hydroxylation sites is 1. The van der Waals surface area contributed by atoms with Crippen LogP contribution in [0.1, 0.15) is 23.5 Å². The molecular formula is C23H20BrN5O2S. The third-order valence-electron chi connectivity index (χ3n) is 4.50. The lowest BCUT2D eigenvalue weighted by molar-refractivity contribution is 0.249. The first kappa shape index (κ1) is 21.9. The Labute approximate surface area is 198 Å². The number of aryl methyl sites for hydroxylation is 1. The molecule has 0 fully saturated rings. The van der Waals surface area contributed by atoms with Crippen LogP contribution in [0.3, 0.4) is 0 Å². The maximum Gasteiger partial charge on any atom is 0.322 e. The Morgan fingerprint density at radius 3 is 2.44 bits per heavy atom. The molecule has 0 spiro atoms. The van der Waals surface area contributed by atoms with E-state index in [1.165, 1.54) is 12.4 Å². The molecule has 0 aliphatic rings. The molecule has 0 aliphatic carbocycles. The number of nitrogens with zero attached hydrogens (tertiary/aromatic N) is 3. The second kappa shape index (κ2) is 9.88. The van der Waals surface area contributed by atoms with Gasteiger partial charge >= 0.3 is 12.0 Å². The van der Waals surface area contributed by atoms with Crippen molar-refractivity contribution >= 4 is 39.0 Å². The summed E-state index contributed by atoms with van der Waals surface area (Å²) in [7, 11) is 0. The van der Waals surface area contributed by atoms with E-state index >= 15 is 0 Å². The van der Waals surface area contributed by atoms with Crippen molar-refractivity contribution in [1.82, 2.24) is 20.3 Å². The van der Waals surface area contributed by atoms with Gasteiger partial charge in [-0.2, -0.15) is 0 Å². The van der Waals surface area contributed by atoms with E-state index < -0.39 is 0 Å². The fourth-order valence-corrected chi connectivity index (χ4v) is 4.32. The standard InChI is InChI=1S/C23H20BrN5O2S/c1-14-20(32-21(27-14)16-8-10-17(24)11-9-16)15(2)28-22(30)29-18-12-25-23(26-13-18)31-19-6-4-3-5-7-19/h3-13,15H,1-2H3,(H2,28,29,30). The molecule has 162 valence electrons. The summed E-state index contributed by atoms with van der Waals surface area (Å²) >= 11 is 5.01. The molecule has 0 aliphatic heterocycles. The lowest BCUT2D eigenvalue weighted by Crippen LogP contribution is -2.31. The summed E-state index contributed by atoms with van der Waals surface area (Å²) in [6.45, 7) is 3.88. The predicted octanol–water partition coefficient (Wildman–Crippen LogP) is 6.35. The van der Waals surface area contributed by atoms with Crippen LogP contribution in [0.5, 0.6) is 11.8 Å². The number of amides is 2. The second-order valence-electron chi connectivity index (χ2n) is 6.97. The van der Waals surface area contributed by atoms with E-state index in [9.17, 15) is 4.79 Å². The summed E-state index contributed by atoms with van der Waals surface area (Å²) in [6.07, 6.45) is 3.00. The summed E-state index contributed by atoms with van der Waals surface area (Å²) < 4.78 is 6.58. The molecule has 4 aromatic rings. The number of anilines is 1. The van der Waals surface area contributed by atoms with Gasteiger partial charge in [-0.05, 0) is 38.1 Å². The molecule has 2 heterocycles. The van der Waals surface area contributed by atoms with Gasteiger partial charge in [0.15, 0.2) is 0 Å². The molecule has 2 amide bonds. The summed E-state index contributed by atoms with van der Waals surface area (Å²) in [5.74, 6) is 0.641. The molecule has 2 aromatic heterocycles. The molecule has 32 heavy (non-hydrogen) atoms. The van der Waals surface area contributed by atoms with Crippen molar-refractivity contribution in [2.45, 2.75) is 19.9 Å². The van der Waals surface area contributed by atoms with Crippen LogP contribution in [0.4, 0.5) is 10.5 Å². The zero-order chi connectivity index (χ0) is 22.5. The zero-order valence-corrected chi connectivity index (χ0v) is 19.8. The minimum Gasteiger partial charge on any atom is -0.424 e. The van der Waals surface area contributed by atoms with E-state index in [2.05, 4.69) is 41.5 Å². The monoisotopic (exact) mass is 509 g/mol. The van der Waals surface area contributed by atoms with E-state index in [0.717, 1.165) is 25.6 Å². The highest BCUT2D eigenvalue weighted by Crippen LogP contribution is 2.32. The van der Waals surface area contributed by atoms with Crippen LogP contribution in [0.25, 0.3) is 10.6 Å². The van der Waals surface area contributed by atoms with Gasteiger partial charge in [-0.25, -0.2) is 19.7 Å². The van der Waals surface area contributed by atoms with E-state index in [-0.39, 0.29) is 18.1 Å². The number of ether oxygens (including phenoxy) is 1. The van der Waals surface area contributed by atoms with Crippen molar-refractivity contribution in [2.75, 3.05) is 5.32 Å². The maximum absolute atomic E-state index is 12.5. The molecule has 2 aromatic carbocycles. The summed E-state index contributed by atoms with van der Waals surface area (Å²) in [4.78, 5) is 26.4. The number of nitrogens with one attached hydrogen (secondary N) is 2. The molecule has 0 saturated carbocycles. The molecule has 0 bridgehead atoms. The first-order valence-corrected chi connectivity index (χ1v) is 11.4. The number of aromatic nitrogens is 3. The van der Waals surface area contributed by atoms with Crippen LogP contribution in [0, 0.1) is 6.92 Å². The van der Waals surface area contributed by atoms with Crippen molar-refractivity contribution in [3.63, 3.8) is 0 Å². The molecule has 0 saturated heterocycles. The van der Waals surface area contributed by atoms with Gasteiger partial charge in [0.25, 0.3) is 0 Å². The van der Waals surface area contributed by atoms with Gasteiger partial charge in [0, 0.05) is 10.0 Å². The average molecular weight is 510 g/mol. The Hall–Kier alpha value is -3.30. The van der Waals surface area contributed by atoms with Gasteiger partial charge in [-0.1, -0.05) is 46.3 Å². The largest absolute Gasteiger partial charge is 0.424 e. The Morgan fingerprint density at radius 2 is 1.75 bits per heavy atom. The fourth-order valence-electron chi connectivity index (χ4n) is 2.98. The summed E-state index contributed by atoms with van der Waals surface area (Å²) in [6, 6.07) is 16.9. The number of carbonyl (C=O) groups is 1. The lowest BCUT2D eigenvalue weighted by atomic mass is 10.2. The van der Waals surface area contributed by atoms with Gasteiger partial charge in [0.2, 0.25) is 0 Å². The summed E-state index contributed by atoms with van der Waals surface area (Å²) in [5, 5.41) is 6.60. The number of urea groups is 1. The molecule has 1 atom stereocenters. The number of benzene rings is 2. The van der Waals surface area contributed by atoms with E-state index in [0.29, 0.717) is 11.4 Å². The molecular weight excluding hydrogens is 490 g/mol. The molecule has 4 rings (SSSR count). The number of halogens is 1. The van der Waals surface area contributed by atoms with Crippen molar-refractivity contribution in [2.24, 2.45) is 0 Å². The Morgan fingerprint density at radius 1 is 1.06 bits per heavy atom. The van der Waals surface area contributed by atoms with Crippen LogP contribution in [0.2, 0.25) is 0 Å². The average Bonchev–Trinajstić information content (AvgIpc) is 3.18. The Kier molecular flexibility index (Phi) is 6.77. The number of hydrogen-bond acceptors (Lipinski definition) is 6. The third-order valence-corrected chi connectivity index (χ3v) is 6.42. The van der Waals surface area contributed by atoms with E-state index in [1.807, 2.05) is 68.4 Å². The molecule has 9 heteroatoms. The van der Waals surface area contributed by atoms with Crippen LogP contribution >= 0.6 is 27.3 Å². The summed E-state index contributed by atoms with van der Waals surface area (Å²) in [5.41, 5.74) is 2.40. The smallest absolute Gasteiger partial charge is 0.322 e. The van der Waals surface area contributed by atoms with E-state index in [4.69, 9.17) is 4.74 Å². The zero-order valence-electron chi connectivity index (χ0n) is 17.4. The number of thiazole rings is 1. The lowest BCUT2D eigenvalue weighted by Gasteiger charge is -2.13. The fraction of sp³-hybridized carbons (Fsp3) is 0.130. The number of hydrogen-bond donors (Lipinski definition) is 2. The third kappa shape index (κ3) is 5.49. The van der Waals surface area contributed by atoms with Crippen LogP contribution < -0.4 is 15.4 Å². The topological polar surface area (TPSA) is 89.0 Å². The van der Waals surface area contributed by atoms with Crippen molar-refractivity contribution in [1.29, 1.82) is 0 Å². The van der Waals surface area contributed by atoms with Gasteiger partial charge < -0.3 is 15.4 Å². The van der Waals surface area contributed by atoms with Crippen LogP contribution in [-0.2, 0) is 0 Å². The van der Waals surface area contributed by atoms with Gasteiger partial charge in [-0.3, -0.25) is 0 Å². The van der Waals surface area contributed by atoms with Gasteiger partial charge in [0.05, 0.1) is 34.7 Å². The van der Waals surface area contributed by atoms with Gasteiger partial charge in [-0.15, -0.1) is 11.3 Å². The highest BCUT2D eigenvalue weighted by atomic mass is 79.9. The van der Waals surface area contributed by atoms with Crippen molar-refractivity contribution in [3.8, 4) is 22.3 Å². The number of rotatable bonds is 6. The normalized spacial score (nSPS) is 11.6. The molecule has 1 unspecified atom stereocenters. The molecule has 0 radical (unpaired) electrons. The molecule has 2 N–H and O–H groups in total.